The summed E-state index contributed by atoms with van der Waals surface area (Å²) in [5.41, 5.74) is 7.21. The number of nitrogens with two attached hydrogens (primary N) is 1. The van der Waals surface area contributed by atoms with Gasteiger partial charge in [-0.05, 0) is 30.7 Å². The van der Waals surface area contributed by atoms with Crippen LogP contribution in [0.2, 0.25) is 0 Å². The molecular weight excluding hydrogens is 202 g/mol. The summed E-state index contributed by atoms with van der Waals surface area (Å²) >= 11 is 1.94. The van der Waals surface area contributed by atoms with Crippen LogP contribution in [0.5, 0.6) is 0 Å². The predicted molar refractivity (Wildman–Crippen MR) is 69.3 cm³/mol. The van der Waals surface area contributed by atoms with Crippen LogP contribution < -0.4 is 5.73 Å². The second-order valence-electron chi connectivity index (χ2n) is 3.88. The van der Waals surface area contributed by atoms with Crippen LogP contribution >= 0.6 is 11.8 Å². The Bertz CT molecular complexity index is 284. The number of unbranched alkanes of at least 4 members (excludes halogenated alkanes) is 2. The van der Waals surface area contributed by atoms with Crippen molar-refractivity contribution in [2.75, 3.05) is 5.75 Å². The second kappa shape index (κ2) is 6.91. The van der Waals surface area contributed by atoms with Crippen molar-refractivity contribution in [3.8, 4) is 0 Å². The molecule has 2 N–H and O–H groups in total. The summed E-state index contributed by atoms with van der Waals surface area (Å²) in [4.78, 5) is 1.35. The van der Waals surface area contributed by atoms with E-state index in [9.17, 15) is 0 Å². The van der Waals surface area contributed by atoms with E-state index >= 15 is 0 Å². The van der Waals surface area contributed by atoms with E-state index in [1.54, 1.807) is 0 Å². The van der Waals surface area contributed by atoms with Crippen LogP contribution in [-0.4, -0.2) is 5.75 Å². The lowest BCUT2D eigenvalue weighted by atomic mass is 10.1. The fourth-order valence-electron chi connectivity index (χ4n) is 1.52. The number of thioether (sulfide) groups is 1. The second-order valence-corrected chi connectivity index (χ2v) is 5.02. The van der Waals surface area contributed by atoms with Crippen molar-refractivity contribution in [2.45, 2.75) is 44.0 Å². The lowest BCUT2D eigenvalue weighted by molar-refractivity contribution is 0.776. The molecule has 0 saturated carbocycles. The third-order valence-electron chi connectivity index (χ3n) is 2.42. The van der Waals surface area contributed by atoms with Crippen molar-refractivity contribution in [3.63, 3.8) is 0 Å². The molecule has 0 aromatic heterocycles. The topological polar surface area (TPSA) is 26.0 Å². The average molecular weight is 223 g/mol. The SMILES string of the molecule is CCCCCSc1ccccc1C(C)N. The Morgan fingerprint density at radius 2 is 2.00 bits per heavy atom. The lowest BCUT2D eigenvalue weighted by Crippen LogP contribution is -2.06. The summed E-state index contributed by atoms with van der Waals surface area (Å²) in [5, 5.41) is 0. The standard InChI is InChI=1S/C13H21NS/c1-3-4-7-10-15-13-9-6-5-8-12(13)11(2)14/h5-6,8-9,11H,3-4,7,10,14H2,1-2H3. The maximum Gasteiger partial charge on any atom is 0.0277 e. The monoisotopic (exact) mass is 223 g/mol. The summed E-state index contributed by atoms with van der Waals surface area (Å²) in [6.45, 7) is 4.28. The van der Waals surface area contributed by atoms with Crippen molar-refractivity contribution < 1.29 is 0 Å². The van der Waals surface area contributed by atoms with E-state index in [1.165, 1.54) is 35.5 Å². The number of benzene rings is 1. The van der Waals surface area contributed by atoms with Gasteiger partial charge >= 0.3 is 0 Å². The molecule has 0 fully saturated rings. The van der Waals surface area contributed by atoms with Gasteiger partial charge in [0.1, 0.15) is 0 Å². The van der Waals surface area contributed by atoms with E-state index in [-0.39, 0.29) is 6.04 Å². The van der Waals surface area contributed by atoms with Gasteiger partial charge in [-0.3, -0.25) is 0 Å². The van der Waals surface area contributed by atoms with Gasteiger partial charge in [-0.2, -0.15) is 0 Å². The zero-order valence-corrected chi connectivity index (χ0v) is 10.5. The van der Waals surface area contributed by atoms with E-state index < -0.39 is 0 Å². The molecule has 0 radical (unpaired) electrons. The van der Waals surface area contributed by atoms with Crippen LogP contribution in [0.15, 0.2) is 29.2 Å². The maximum atomic E-state index is 5.93. The highest BCUT2D eigenvalue weighted by molar-refractivity contribution is 7.99. The molecule has 1 nitrogen and oxygen atoms in total. The number of rotatable bonds is 6. The largest absolute Gasteiger partial charge is 0.324 e. The molecule has 1 atom stereocenters. The highest BCUT2D eigenvalue weighted by Gasteiger charge is 2.05. The van der Waals surface area contributed by atoms with Crippen LogP contribution in [0, 0.1) is 0 Å². The van der Waals surface area contributed by atoms with E-state index in [1.807, 2.05) is 18.7 Å². The Labute approximate surface area is 97.4 Å². The van der Waals surface area contributed by atoms with Crippen molar-refractivity contribution in [1.82, 2.24) is 0 Å². The molecule has 84 valence electrons. The van der Waals surface area contributed by atoms with Gasteiger partial charge in [-0.1, -0.05) is 38.0 Å². The van der Waals surface area contributed by atoms with E-state index in [4.69, 9.17) is 5.73 Å². The molecule has 0 heterocycles. The molecule has 0 aliphatic rings. The number of hydrogen-bond donors (Lipinski definition) is 1. The molecule has 0 amide bonds. The van der Waals surface area contributed by atoms with E-state index in [0.29, 0.717) is 0 Å². The van der Waals surface area contributed by atoms with Crippen molar-refractivity contribution in [2.24, 2.45) is 5.73 Å². The molecule has 1 aromatic rings. The Hall–Kier alpha value is -0.470. The Morgan fingerprint density at radius 1 is 1.27 bits per heavy atom. The third kappa shape index (κ3) is 4.27. The Balaban J connectivity index is 2.52. The maximum absolute atomic E-state index is 5.93. The zero-order chi connectivity index (χ0) is 11.1. The minimum absolute atomic E-state index is 0.139. The van der Waals surface area contributed by atoms with Crippen LogP contribution in [-0.2, 0) is 0 Å². The minimum Gasteiger partial charge on any atom is -0.324 e. The highest BCUT2D eigenvalue weighted by atomic mass is 32.2. The normalized spacial score (nSPS) is 12.7. The molecule has 0 saturated heterocycles. The van der Waals surface area contributed by atoms with Crippen LogP contribution in [0.4, 0.5) is 0 Å². The summed E-state index contributed by atoms with van der Waals surface area (Å²) < 4.78 is 0. The highest BCUT2D eigenvalue weighted by Crippen LogP contribution is 2.27. The molecule has 2 heteroatoms. The molecule has 0 aliphatic carbocycles. The van der Waals surface area contributed by atoms with Crippen molar-refractivity contribution in [3.05, 3.63) is 29.8 Å². The molecule has 0 bridgehead atoms. The van der Waals surface area contributed by atoms with Gasteiger partial charge in [-0.25, -0.2) is 0 Å². The molecular formula is C13H21NS. The summed E-state index contributed by atoms with van der Waals surface area (Å²) in [6.07, 6.45) is 3.91. The van der Waals surface area contributed by atoms with Gasteiger partial charge in [0.2, 0.25) is 0 Å². The summed E-state index contributed by atoms with van der Waals surface area (Å²) in [5.74, 6) is 1.21. The van der Waals surface area contributed by atoms with Crippen molar-refractivity contribution in [1.29, 1.82) is 0 Å². The zero-order valence-electron chi connectivity index (χ0n) is 9.70. The Kier molecular flexibility index (Phi) is 5.81. The molecule has 1 aromatic carbocycles. The van der Waals surface area contributed by atoms with Crippen molar-refractivity contribution >= 4 is 11.8 Å². The first-order chi connectivity index (χ1) is 7.25. The summed E-state index contributed by atoms with van der Waals surface area (Å²) in [6, 6.07) is 8.60. The van der Waals surface area contributed by atoms with Crippen LogP contribution in [0.1, 0.15) is 44.7 Å². The lowest BCUT2D eigenvalue weighted by Gasteiger charge is -2.11. The molecule has 15 heavy (non-hydrogen) atoms. The van der Waals surface area contributed by atoms with Crippen LogP contribution in [0.25, 0.3) is 0 Å². The van der Waals surface area contributed by atoms with Gasteiger partial charge in [0.15, 0.2) is 0 Å². The smallest absolute Gasteiger partial charge is 0.0277 e. The van der Waals surface area contributed by atoms with Gasteiger partial charge in [0.25, 0.3) is 0 Å². The van der Waals surface area contributed by atoms with E-state index in [0.717, 1.165) is 0 Å². The predicted octanol–water partition coefficient (Wildman–Crippen LogP) is 3.99. The molecule has 0 spiro atoms. The van der Waals surface area contributed by atoms with Gasteiger partial charge in [0.05, 0.1) is 0 Å². The first-order valence-electron chi connectivity index (χ1n) is 5.73. The average Bonchev–Trinajstić information content (AvgIpc) is 2.25. The fraction of sp³-hybridized carbons (Fsp3) is 0.538. The first kappa shape index (κ1) is 12.6. The Morgan fingerprint density at radius 3 is 2.67 bits per heavy atom. The molecule has 0 aliphatic heterocycles. The quantitative estimate of drug-likeness (QED) is 0.583. The molecule has 1 rings (SSSR count). The fourth-order valence-corrected chi connectivity index (χ4v) is 2.69. The first-order valence-corrected chi connectivity index (χ1v) is 6.71. The number of hydrogen-bond acceptors (Lipinski definition) is 2. The van der Waals surface area contributed by atoms with Crippen LogP contribution in [0.3, 0.4) is 0 Å². The summed E-state index contributed by atoms with van der Waals surface area (Å²) in [7, 11) is 0. The van der Waals surface area contributed by atoms with E-state index in [2.05, 4.69) is 31.2 Å². The molecule has 1 unspecified atom stereocenters. The minimum atomic E-state index is 0.139. The van der Waals surface area contributed by atoms with Gasteiger partial charge < -0.3 is 5.73 Å². The van der Waals surface area contributed by atoms with Gasteiger partial charge in [0, 0.05) is 10.9 Å². The third-order valence-corrected chi connectivity index (χ3v) is 3.59. The van der Waals surface area contributed by atoms with Gasteiger partial charge in [-0.15, -0.1) is 11.8 Å².